The number of amides is 2. The molecule has 0 radical (unpaired) electrons. The molecule has 0 aliphatic heterocycles. The van der Waals surface area contributed by atoms with Gasteiger partial charge in [0.05, 0.1) is 6.54 Å². The summed E-state index contributed by atoms with van der Waals surface area (Å²) in [6.07, 6.45) is -4.78. The maximum atomic E-state index is 12.1. The van der Waals surface area contributed by atoms with Gasteiger partial charge in [0.15, 0.2) is 0 Å². The van der Waals surface area contributed by atoms with Gasteiger partial charge in [0.1, 0.15) is 5.75 Å². The van der Waals surface area contributed by atoms with Gasteiger partial charge in [0.2, 0.25) is 0 Å². The number of hydrogen-bond donors (Lipinski definition) is 1. The third kappa shape index (κ3) is 6.36. The highest BCUT2D eigenvalue weighted by atomic mass is 19.4. The van der Waals surface area contributed by atoms with Crippen LogP contribution in [0.2, 0.25) is 0 Å². The fourth-order valence-corrected chi connectivity index (χ4v) is 2.14. The molecule has 2 aromatic rings. The van der Waals surface area contributed by atoms with Crippen LogP contribution >= 0.6 is 0 Å². The van der Waals surface area contributed by atoms with Crippen molar-refractivity contribution in [2.45, 2.75) is 6.36 Å². The molecule has 1 N–H and O–H groups in total. The van der Waals surface area contributed by atoms with Crippen molar-refractivity contribution in [3.05, 3.63) is 65.2 Å². The Morgan fingerprint density at radius 2 is 1.57 bits per heavy atom. The van der Waals surface area contributed by atoms with E-state index >= 15 is 0 Å². The quantitative estimate of drug-likeness (QED) is 0.817. The summed E-state index contributed by atoms with van der Waals surface area (Å²) >= 11 is 0. The fraction of sp³-hybridized carbons (Fsp3) is 0.200. The first-order chi connectivity index (χ1) is 13.2. The van der Waals surface area contributed by atoms with Crippen molar-refractivity contribution < 1.29 is 27.5 Å². The predicted octanol–water partition coefficient (Wildman–Crippen LogP) is 3.07. The molecule has 0 fully saturated rings. The zero-order valence-corrected chi connectivity index (χ0v) is 15.1. The monoisotopic (exact) mass is 390 g/mol. The van der Waals surface area contributed by atoms with E-state index in [4.69, 9.17) is 0 Å². The summed E-state index contributed by atoms with van der Waals surface area (Å²) in [6, 6.07) is 11.3. The van der Waals surface area contributed by atoms with E-state index < -0.39 is 18.0 Å². The number of alkyl halides is 3. The number of carbonyl (C=O) groups is 2. The molecular weight excluding hydrogens is 373 g/mol. The van der Waals surface area contributed by atoms with Crippen LogP contribution in [-0.2, 0) is 0 Å². The van der Waals surface area contributed by atoms with Crippen LogP contribution < -0.4 is 10.1 Å². The van der Waals surface area contributed by atoms with Crippen molar-refractivity contribution in [2.75, 3.05) is 20.6 Å². The van der Waals surface area contributed by atoms with Crippen LogP contribution in [0.5, 0.6) is 5.75 Å². The van der Waals surface area contributed by atoms with Gasteiger partial charge in [-0.2, -0.15) is 0 Å². The molecule has 5 nitrogen and oxygen atoms in total. The second-order valence-electron chi connectivity index (χ2n) is 5.83. The topological polar surface area (TPSA) is 58.6 Å². The Hall–Kier alpha value is -3.47. The van der Waals surface area contributed by atoms with Crippen molar-refractivity contribution in [2.24, 2.45) is 0 Å². The van der Waals surface area contributed by atoms with Gasteiger partial charge in [-0.15, -0.1) is 13.2 Å². The predicted molar refractivity (Wildman–Crippen MR) is 96.8 cm³/mol. The smallest absolute Gasteiger partial charge is 0.406 e. The molecule has 0 unspecified atom stereocenters. The lowest BCUT2D eigenvalue weighted by molar-refractivity contribution is -0.274. The van der Waals surface area contributed by atoms with Gasteiger partial charge >= 0.3 is 6.36 Å². The van der Waals surface area contributed by atoms with E-state index in [1.54, 1.807) is 38.4 Å². The second kappa shape index (κ2) is 8.95. The lowest BCUT2D eigenvalue weighted by Gasteiger charge is -2.09. The number of ether oxygens (including phenoxy) is 1. The van der Waals surface area contributed by atoms with Crippen LogP contribution in [0.1, 0.15) is 26.3 Å². The van der Waals surface area contributed by atoms with Crippen LogP contribution in [0.25, 0.3) is 0 Å². The van der Waals surface area contributed by atoms with E-state index in [1.165, 1.54) is 17.0 Å². The minimum Gasteiger partial charge on any atom is -0.406 e. The van der Waals surface area contributed by atoms with Crippen molar-refractivity contribution in [1.29, 1.82) is 0 Å². The molecule has 0 atom stereocenters. The van der Waals surface area contributed by atoms with E-state index in [1.807, 2.05) is 0 Å². The number of rotatable bonds is 4. The number of carbonyl (C=O) groups excluding carboxylic acids is 2. The zero-order chi connectivity index (χ0) is 20.7. The highest BCUT2D eigenvalue weighted by molar-refractivity contribution is 5.94. The molecule has 0 saturated heterocycles. The number of nitrogens with zero attached hydrogens (tertiary/aromatic N) is 1. The molecule has 0 heterocycles. The molecule has 0 aliphatic rings. The number of halogens is 3. The van der Waals surface area contributed by atoms with Crippen molar-refractivity contribution in [3.63, 3.8) is 0 Å². The molecule has 8 heteroatoms. The molecular formula is C20H17F3N2O3. The summed E-state index contributed by atoms with van der Waals surface area (Å²) in [5, 5.41) is 2.55. The Morgan fingerprint density at radius 3 is 2.11 bits per heavy atom. The van der Waals surface area contributed by atoms with E-state index in [0.717, 1.165) is 12.1 Å². The van der Waals surface area contributed by atoms with Crippen LogP contribution in [0.3, 0.4) is 0 Å². The first-order valence-corrected chi connectivity index (χ1v) is 8.10. The van der Waals surface area contributed by atoms with Gasteiger partial charge in [-0.3, -0.25) is 9.59 Å². The van der Waals surface area contributed by atoms with Crippen molar-refractivity contribution >= 4 is 11.8 Å². The van der Waals surface area contributed by atoms with Crippen molar-refractivity contribution in [3.8, 4) is 17.6 Å². The summed E-state index contributed by atoms with van der Waals surface area (Å²) in [4.78, 5) is 25.2. The SMILES string of the molecule is CN(C)C(=O)c1ccc(C#CCNC(=O)c2ccc(OC(F)(F)F)cc2)cc1. The number of nitrogens with one attached hydrogen (secondary N) is 1. The summed E-state index contributed by atoms with van der Waals surface area (Å²) in [6.45, 7) is 0.0536. The molecule has 2 amide bonds. The maximum absolute atomic E-state index is 12.1. The summed E-state index contributed by atoms with van der Waals surface area (Å²) in [7, 11) is 3.32. The Kier molecular flexibility index (Phi) is 6.66. The van der Waals surface area contributed by atoms with E-state index in [9.17, 15) is 22.8 Å². The van der Waals surface area contributed by atoms with Gasteiger partial charge in [-0.05, 0) is 48.5 Å². The third-order valence-electron chi connectivity index (χ3n) is 3.46. The van der Waals surface area contributed by atoms with Gasteiger partial charge in [0, 0.05) is 30.8 Å². The van der Waals surface area contributed by atoms with E-state index in [0.29, 0.717) is 11.1 Å². The molecule has 0 aromatic heterocycles. The van der Waals surface area contributed by atoms with Gasteiger partial charge in [-0.25, -0.2) is 0 Å². The molecule has 2 aromatic carbocycles. The molecule has 146 valence electrons. The fourth-order valence-electron chi connectivity index (χ4n) is 2.14. The average molecular weight is 390 g/mol. The molecule has 2 rings (SSSR count). The van der Waals surface area contributed by atoms with Crippen LogP contribution in [0.4, 0.5) is 13.2 Å². The lowest BCUT2D eigenvalue weighted by atomic mass is 10.1. The van der Waals surface area contributed by atoms with Crippen LogP contribution in [0.15, 0.2) is 48.5 Å². The second-order valence-corrected chi connectivity index (χ2v) is 5.83. The lowest BCUT2D eigenvalue weighted by Crippen LogP contribution is -2.23. The van der Waals surface area contributed by atoms with Gasteiger partial charge < -0.3 is 15.0 Å². The van der Waals surface area contributed by atoms with E-state index in [2.05, 4.69) is 21.9 Å². The minimum atomic E-state index is -4.78. The highest BCUT2D eigenvalue weighted by Gasteiger charge is 2.31. The highest BCUT2D eigenvalue weighted by Crippen LogP contribution is 2.22. The van der Waals surface area contributed by atoms with Crippen molar-refractivity contribution in [1.82, 2.24) is 10.2 Å². The normalized spacial score (nSPS) is 10.5. The zero-order valence-electron chi connectivity index (χ0n) is 15.1. The largest absolute Gasteiger partial charge is 0.573 e. The van der Waals surface area contributed by atoms with Gasteiger partial charge in [-0.1, -0.05) is 11.8 Å². The molecule has 0 aliphatic carbocycles. The third-order valence-corrected chi connectivity index (χ3v) is 3.46. The average Bonchev–Trinajstić information content (AvgIpc) is 2.64. The molecule has 0 spiro atoms. The maximum Gasteiger partial charge on any atom is 0.573 e. The first-order valence-electron chi connectivity index (χ1n) is 8.10. The summed E-state index contributed by atoms with van der Waals surface area (Å²) in [5.74, 6) is 4.62. The Labute approximate surface area is 160 Å². The molecule has 28 heavy (non-hydrogen) atoms. The molecule has 0 bridgehead atoms. The first kappa shape index (κ1) is 20.8. The summed E-state index contributed by atoms with van der Waals surface area (Å²) in [5.41, 5.74) is 1.41. The Morgan fingerprint density at radius 1 is 1.00 bits per heavy atom. The van der Waals surface area contributed by atoms with E-state index in [-0.39, 0.29) is 18.0 Å². The Balaban J connectivity index is 1.88. The van der Waals surface area contributed by atoms with Crippen LogP contribution in [-0.4, -0.2) is 43.7 Å². The Bertz CT molecular complexity index is 894. The number of benzene rings is 2. The summed E-state index contributed by atoms with van der Waals surface area (Å²) < 4.78 is 40.1. The van der Waals surface area contributed by atoms with Crippen LogP contribution in [0, 0.1) is 11.8 Å². The number of hydrogen-bond acceptors (Lipinski definition) is 3. The standard InChI is InChI=1S/C20H17F3N2O3/c1-25(2)19(27)16-7-5-14(6-8-16)4-3-13-24-18(26)15-9-11-17(12-10-15)28-20(21,22)23/h5-12H,13H2,1-2H3,(H,24,26). The molecule has 0 saturated carbocycles. The van der Waals surface area contributed by atoms with Gasteiger partial charge in [0.25, 0.3) is 11.8 Å². The minimum absolute atomic E-state index is 0.0536.